The Labute approximate surface area is 153 Å². The molecule has 0 unspecified atom stereocenters. The molecule has 1 amide bonds. The van der Waals surface area contributed by atoms with Crippen LogP contribution in [0.5, 0.6) is 0 Å². The lowest BCUT2D eigenvalue weighted by Crippen LogP contribution is -2.38. The van der Waals surface area contributed by atoms with Gasteiger partial charge in [0.2, 0.25) is 5.91 Å². The molecule has 1 aromatic carbocycles. The molecule has 1 aliphatic heterocycles. The van der Waals surface area contributed by atoms with Crippen LogP contribution in [0.1, 0.15) is 42.7 Å². The van der Waals surface area contributed by atoms with Crippen molar-refractivity contribution in [3.8, 4) is 6.19 Å². The van der Waals surface area contributed by atoms with Gasteiger partial charge in [0.05, 0.1) is 5.69 Å². The largest absolute Gasteiger partial charge is 0.342 e. The Balaban J connectivity index is 1.65. The molecule has 5 nitrogen and oxygen atoms in total. The fraction of sp³-hybridized carbons (Fsp3) is 0.526. The first-order chi connectivity index (χ1) is 12.1. The van der Waals surface area contributed by atoms with Gasteiger partial charge < -0.3 is 4.90 Å². The van der Waals surface area contributed by atoms with E-state index in [0.717, 1.165) is 50.0 Å². The molecule has 1 N–H and O–H groups in total. The summed E-state index contributed by atoms with van der Waals surface area (Å²) < 4.78 is 0. The molecular formula is C19H24N4OS. The second kappa shape index (κ2) is 7.92. The maximum atomic E-state index is 12.2. The number of nitrogens with one attached hydrogen (secondary N) is 1. The minimum Gasteiger partial charge on any atom is -0.342 e. The number of aryl methyl sites for hydroxylation is 1. The molecule has 0 spiro atoms. The van der Waals surface area contributed by atoms with Crippen LogP contribution in [0.3, 0.4) is 0 Å². The van der Waals surface area contributed by atoms with E-state index in [2.05, 4.69) is 34.3 Å². The van der Waals surface area contributed by atoms with Gasteiger partial charge in [-0.3, -0.25) is 10.1 Å². The van der Waals surface area contributed by atoms with E-state index < -0.39 is 0 Å². The molecule has 1 heterocycles. The number of hydrogen-bond acceptors (Lipinski definition) is 4. The zero-order valence-electron chi connectivity index (χ0n) is 14.8. The van der Waals surface area contributed by atoms with E-state index in [-0.39, 0.29) is 0 Å². The van der Waals surface area contributed by atoms with E-state index in [1.807, 2.05) is 18.5 Å². The lowest BCUT2D eigenvalue weighted by molar-refractivity contribution is -0.133. The summed E-state index contributed by atoms with van der Waals surface area (Å²) in [5, 5.41) is 11.9. The number of nitrogens with zero attached hydrogens (tertiary/aromatic N) is 3. The van der Waals surface area contributed by atoms with Crippen LogP contribution < -0.4 is 5.32 Å². The van der Waals surface area contributed by atoms with Gasteiger partial charge in [0.15, 0.2) is 11.4 Å². The van der Waals surface area contributed by atoms with E-state index >= 15 is 0 Å². The van der Waals surface area contributed by atoms with Crippen molar-refractivity contribution < 1.29 is 4.79 Å². The number of amidine groups is 1. The highest BCUT2D eigenvalue weighted by Gasteiger charge is 2.35. The van der Waals surface area contributed by atoms with Crippen molar-refractivity contribution in [2.75, 3.05) is 19.3 Å². The van der Waals surface area contributed by atoms with E-state index in [1.165, 1.54) is 17.3 Å². The Kier molecular flexibility index (Phi) is 5.64. The summed E-state index contributed by atoms with van der Waals surface area (Å²) >= 11 is 1.42. The monoisotopic (exact) mass is 356 g/mol. The molecule has 1 aromatic rings. The van der Waals surface area contributed by atoms with Gasteiger partial charge in [-0.1, -0.05) is 23.9 Å². The smallest absolute Gasteiger partial charge is 0.225 e. The number of piperidine rings is 1. The molecule has 0 aromatic heterocycles. The van der Waals surface area contributed by atoms with Gasteiger partial charge in [-0.15, -0.1) is 0 Å². The van der Waals surface area contributed by atoms with Crippen molar-refractivity contribution in [1.29, 1.82) is 5.26 Å². The van der Waals surface area contributed by atoms with E-state index in [0.29, 0.717) is 22.9 Å². The third-order valence-electron chi connectivity index (χ3n) is 5.00. The quantitative estimate of drug-likeness (QED) is 0.389. The average Bonchev–Trinajstić information content (AvgIpc) is 3.47. The van der Waals surface area contributed by atoms with E-state index in [9.17, 15) is 4.79 Å². The number of rotatable bonds is 3. The second-order valence-electron chi connectivity index (χ2n) is 6.78. The molecule has 0 bridgehead atoms. The average molecular weight is 356 g/mol. The van der Waals surface area contributed by atoms with Crippen LogP contribution in [0.4, 0.5) is 5.69 Å². The third-order valence-corrected chi connectivity index (χ3v) is 5.58. The minimum atomic E-state index is 0.323. The molecule has 1 saturated heterocycles. The summed E-state index contributed by atoms with van der Waals surface area (Å²) in [6, 6.07) is 6.37. The fourth-order valence-electron chi connectivity index (χ4n) is 3.36. The van der Waals surface area contributed by atoms with Crippen molar-refractivity contribution in [3.05, 3.63) is 29.3 Å². The number of aliphatic imine (C=N–C) groups is 1. The molecule has 6 heteroatoms. The zero-order valence-corrected chi connectivity index (χ0v) is 15.6. The summed E-state index contributed by atoms with van der Waals surface area (Å²) in [7, 11) is 0. The summed E-state index contributed by atoms with van der Waals surface area (Å²) in [6.07, 6.45) is 8.04. The third kappa shape index (κ3) is 4.35. The predicted octanol–water partition coefficient (Wildman–Crippen LogP) is 3.53. The van der Waals surface area contributed by atoms with E-state index in [4.69, 9.17) is 5.26 Å². The van der Waals surface area contributed by atoms with Crippen LogP contribution in [0, 0.1) is 24.3 Å². The Morgan fingerprint density at radius 2 is 2.04 bits per heavy atom. The van der Waals surface area contributed by atoms with Crippen LogP contribution in [0.15, 0.2) is 23.2 Å². The van der Waals surface area contributed by atoms with Gasteiger partial charge in [0.1, 0.15) is 0 Å². The molecule has 25 heavy (non-hydrogen) atoms. The first-order valence-corrected chi connectivity index (χ1v) is 10.0. The molecule has 2 fully saturated rings. The summed E-state index contributed by atoms with van der Waals surface area (Å²) in [5.74, 6) is 1.20. The van der Waals surface area contributed by atoms with Crippen LogP contribution in [-0.2, 0) is 4.79 Å². The first-order valence-electron chi connectivity index (χ1n) is 8.79. The number of nitriles is 1. The summed E-state index contributed by atoms with van der Waals surface area (Å²) in [6.45, 7) is 3.81. The Bertz CT molecular complexity index is 713. The highest BCUT2D eigenvalue weighted by Crippen LogP contribution is 2.35. The second-order valence-corrected chi connectivity index (χ2v) is 7.57. The lowest BCUT2D eigenvalue weighted by Gasteiger charge is -2.32. The van der Waals surface area contributed by atoms with Crippen LogP contribution in [0.25, 0.3) is 0 Å². The maximum Gasteiger partial charge on any atom is 0.225 e. The molecule has 0 radical (unpaired) electrons. The highest BCUT2D eigenvalue weighted by molar-refractivity contribution is 8.13. The fourth-order valence-corrected chi connectivity index (χ4v) is 3.70. The molecular weight excluding hydrogens is 332 g/mol. The molecule has 2 aliphatic rings. The van der Waals surface area contributed by atoms with Crippen LogP contribution in [-0.4, -0.2) is 35.3 Å². The molecule has 3 rings (SSSR count). The number of thioether (sulfide) groups is 1. The minimum absolute atomic E-state index is 0.323. The molecule has 1 saturated carbocycles. The molecule has 132 valence electrons. The van der Waals surface area contributed by atoms with Gasteiger partial charge in [0, 0.05) is 19.0 Å². The van der Waals surface area contributed by atoms with Crippen molar-refractivity contribution in [2.24, 2.45) is 10.9 Å². The number of amides is 1. The number of likely N-dealkylation sites (tertiary alicyclic amines) is 1. The summed E-state index contributed by atoms with van der Waals surface area (Å²) in [5.41, 5.74) is 3.33. The van der Waals surface area contributed by atoms with Gasteiger partial charge in [-0.25, -0.2) is 4.99 Å². The van der Waals surface area contributed by atoms with Gasteiger partial charge in [-0.05, 0) is 62.0 Å². The van der Waals surface area contributed by atoms with Gasteiger partial charge in [0.25, 0.3) is 0 Å². The maximum absolute atomic E-state index is 12.2. The first kappa shape index (κ1) is 17.8. The van der Waals surface area contributed by atoms with Crippen LogP contribution >= 0.6 is 11.8 Å². The zero-order chi connectivity index (χ0) is 17.8. The summed E-state index contributed by atoms with van der Waals surface area (Å²) in [4.78, 5) is 18.7. The van der Waals surface area contributed by atoms with Crippen LogP contribution in [0.2, 0.25) is 0 Å². The Morgan fingerprint density at radius 3 is 2.60 bits per heavy atom. The SMILES string of the molecule is CSC(=Nc1ccc(C2CCN(C(=O)C3CC3)CC2)cc1C)NC#N. The molecule has 1 aliphatic carbocycles. The van der Waals surface area contributed by atoms with Gasteiger partial charge in [-0.2, -0.15) is 5.26 Å². The lowest BCUT2D eigenvalue weighted by atomic mass is 9.88. The predicted molar refractivity (Wildman–Crippen MR) is 102 cm³/mol. The topological polar surface area (TPSA) is 68.5 Å². The number of carbonyl (C=O) groups is 1. The van der Waals surface area contributed by atoms with Crippen molar-refractivity contribution >= 4 is 28.5 Å². The highest BCUT2D eigenvalue weighted by atomic mass is 32.2. The number of benzene rings is 1. The molecule has 0 atom stereocenters. The van der Waals surface area contributed by atoms with Crippen molar-refractivity contribution in [1.82, 2.24) is 10.2 Å². The van der Waals surface area contributed by atoms with E-state index in [1.54, 1.807) is 0 Å². The van der Waals surface area contributed by atoms with Gasteiger partial charge >= 0.3 is 0 Å². The number of carbonyl (C=O) groups excluding carboxylic acids is 1. The Morgan fingerprint density at radius 1 is 1.32 bits per heavy atom. The normalized spacial score (nSPS) is 18.8. The van der Waals surface area contributed by atoms with Crippen molar-refractivity contribution in [2.45, 2.75) is 38.5 Å². The standard InChI is InChI=1S/C19H24N4OS/c1-13-11-16(5-6-17(13)22-19(25-2)21-12-20)14-7-9-23(10-8-14)18(24)15-3-4-15/h5-6,11,14-15H,3-4,7-10H2,1-2H3,(H,21,22). The van der Waals surface area contributed by atoms with Crippen molar-refractivity contribution in [3.63, 3.8) is 0 Å². The number of hydrogen-bond donors (Lipinski definition) is 1. The Hall–Kier alpha value is -2.00.